The fourth-order valence-corrected chi connectivity index (χ4v) is 1.97. The molecule has 1 aromatic carbocycles. The SMILES string of the molecule is Cc1nccc(-c2nc(NN)cc(-c3ccccc3)n2)n1. The molecule has 0 radical (unpaired) electrons. The highest BCUT2D eigenvalue weighted by molar-refractivity contribution is 5.66. The van der Waals surface area contributed by atoms with Crippen LogP contribution >= 0.6 is 0 Å². The number of nitrogens with zero attached hydrogens (tertiary/aromatic N) is 4. The molecular formula is C15H14N6. The van der Waals surface area contributed by atoms with Crippen LogP contribution in [0.2, 0.25) is 0 Å². The van der Waals surface area contributed by atoms with E-state index in [-0.39, 0.29) is 0 Å². The normalized spacial score (nSPS) is 10.4. The summed E-state index contributed by atoms with van der Waals surface area (Å²) in [6.07, 6.45) is 1.69. The van der Waals surface area contributed by atoms with Gasteiger partial charge in [0.2, 0.25) is 0 Å². The summed E-state index contributed by atoms with van der Waals surface area (Å²) in [7, 11) is 0. The molecule has 3 aromatic rings. The summed E-state index contributed by atoms with van der Waals surface area (Å²) in [6.45, 7) is 1.83. The Hall–Kier alpha value is -2.86. The summed E-state index contributed by atoms with van der Waals surface area (Å²) in [5.41, 5.74) is 5.00. The van der Waals surface area contributed by atoms with Crippen molar-refractivity contribution < 1.29 is 0 Å². The maximum atomic E-state index is 5.50. The van der Waals surface area contributed by atoms with Crippen molar-refractivity contribution >= 4 is 5.82 Å². The zero-order chi connectivity index (χ0) is 14.7. The van der Waals surface area contributed by atoms with Gasteiger partial charge in [-0.05, 0) is 13.0 Å². The standard InChI is InChI=1S/C15H14N6/c1-10-17-8-7-12(18-10)15-19-13(9-14(20-15)21-16)11-5-3-2-4-6-11/h2-9H,16H2,1H3,(H,19,20,21). The zero-order valence-corrected chi connectivity index (χ0v) is 11.5. The predicted molar refractivity (Wildman–Crippen MR) is 81.0 cm³/mol. The van der Waals surface area contributed by atoms with Crippen LogP contribution in [0.3, 0.4) is 0 Å². The number of aryl methyl sites for hydroxylation is 1. The van der Waals surface area contributed by atoms with Crippen LogP contribution in [0.25, 0.3) is 22.8 Å². The van der Waals surface area contributed by atoms with Gasteiger partial charge in [-0.3, -0.25) is 0 Å². The van der Waals surface area contributed by atoms with Crippen molar-refractivity contribution in [1.82, 2.24) is 19.9 Å². The smallest absolute Gasteiger partial charge is 0.180 e. The minimum Gasteiger partial charge on any atom is -0.308 e. The number of hydrogen-bond donors (Lipinski definition) is 2. The second-order valence-corrected chi connectivity index (χ2v) is 4.46. The molecule has 6 heteroatoms. The summed E-state index contributed by atoms with van der Waals surface area (Å²) in [4.78, 5) is 17.3. The predicted octanol–water partition coefficient (Wildman–Crippen LogP) is 2.19. The molecule has 6 nitrogen and oxygen atoms in total. The van der Waals surface area contributed by atoms with Gasteiger partial charge in [0.05, 0.1) is 5.69 Å². The lowest BCUT2D eigenvalue weighted by Gasteiger charge is -2.07. The number of nitrogen functional groups attached to an aromatic ring is 1. The van der Waals surface area contributed by atoms with Crippen molar-refractivity contribution in [3.63, 3.8) is 0 Å². The molecule has 0 saturated heterocycles. The van der Waals surface area contributed by atoms with E-state index in [1.54, 1.807) is 18.3 Å². The van der Waals surface area contributed by atoms with Gasteiger partial charge in [0.25, 0.3) is 0 Å². The van der Waals surface area contributed by atoms with Crippen LogP contribution in [0.4, 0.5) is 5.82 Å². The average Bonchev–Trinajstić information content (AvgIpc) is 2.55. The molecule has 104 valence electrons. The molecule has 0 spiro atoms. The first kappa shape index (κ1) is 13.1. The lowest BCUT2D eigenvalue weighted by Crippen LogP contribution is -2.10. The first-order valence-corrected chi connectivity index (χ1v) is 6.47. The van der Waals surface area contributed by atoms with Gasteiger partial charge < -0.3 is 5.43 Å². The van der Waals surface area contributed by atoms with Crippen LogP contribution in [-0.2, 0) is 0 Å². The highest BCUT2D eigenvalue weighted by Gasteiger charge is 2.09. The van der Waals surface area contributed by atoms with Gasteiger partial charge in [-0.25, -0.2) is 25.8 Å². The Bertz CT molecular complexity index is 757. The van der Waals surface area contributed by atoms with E-state index in [9.17, 15) is 0 Å². The number of benzene rings is 1. The molecule has 0 atom stereocenters. The fourth-order valence-electron chi connectivity index (χ4n) is 1.97. The molecule has 0 fully saturated rings. The molecule has 21 heavy (non-hydrogen) atoms. The van der Waals surface area contributed by atoms with Crippen LogP contribution in [0, 0.1) is 6.92 Å². The fraction of sp³-hybridized carbons (Fsp3) is 0.0667. The van der Waals surface area contributed by atoms with Crippen LogP contribution in [0.15, 0.2) is 48.7 Å². The molecule has 0 amide bonds. The Labute approximate surface area is 122 Å². The van der Waals surface area contributed by atoms with E-state index in [4.69, 9.17) is 5.84 Å². The Morgan fingerprint density at radius 1 is 0.952 bits per heavy atom. The van der Waals surface area contributed by atoms with Crippen molar-refractivity contribution in [2.45, 2.75) is 6.92 Å². The monoisotopic (exact) mass is 278 g/mol. The van der Waals surface area contributed by atoms with Crippen LogP contribution in [0.1, 0.15) is 5.82 Å². The molecule has 3 N–H and O–H groups in total. The first-order valence-electron chi connectivity index (χ1n) is 6.47. The molecule has 0 aliphatic rings. The molecule has 0 aliphatic carbocycles. The highest BCUT2D eigenvalue weighted by atomic mass is 15.3. The molecule has 0 saturated carbocycles. The van der Waals surface area contributed by atoms with Crippen LogP contribution in [-0.4, -0.2) is 19.9 Å². The van der Waals surface area contributed by atoms with E-state index in [1.807, 2.05) is 37.3 Å². The van der Waals surface area contributed by atoms with E-state index in [0.29, 0.717) is 23.2 Å². The minimum absolute atomic E-state index is 0.509. The average molecular weight is 278 g/mol. The Morgan fingerprint density at radius 3 is 2.48 bits per heavy atom. The molecule has 2 aromatic heterocycles. The van der Waals surface area contributed by atoms with Gasteiger partial charge in [-0.2, -0.15) is 0 Å². The van der Waals surface area contributed by atoms with Crippen molar-refractivity contribution in [3.8, 4) is 22.8 Å². The third-order valence-electron chi connectivity index (χ3n) is 2.95. The zero-order valence-electron chi connectivity index (χ0n) is 11.5. The van der Waals surface area contributed by atoms with Gasteiger partial charge in [-0.1, -0.05) is 30.3 Å². The molecule has 3 rings (SSSR count). The van der Waals surface area contributed by atoms with E-state index >= 15 is 0 Å². The van der Waals surface area contributed by atoms with Crippen LogP contribution in [0.5, 0.6) is 0 Å². The summed E-state index contributed by atoms with van der Waals surface area (Å²) < 4.78 is 0. The van der Waals surface area contributed by atoms with Gasteiger partial charge in [0.1, 0.15) is 17.3 Å². The largest absolute Gasteiger partial charge is 0.308 e. The van der Waals surface area contributed by atoms with E-state index < -0.39 is 0 Å². The lowest BCUT2D eigenvalue weighted by atomic mass is 10.1. The van der Waals surface area contributed by atoms with Gasteiger partial charge in [0, 0.05) is 17.8 Å². The summed E-state index contributed by atoms with van der Waals surface area (Å²) in [6, 6.07) is 13.4. The lowest BCUT2D eigenvalue weighted by molar-refractivity contribution is 1.03. The molecule has 0 aliphatic heterocycles. The Kier molecular flexibility index (Phi) is 3.53. The van der Waals surface area contributed by atoms with Crippen molar-refractivity contribution in [2.75, 3.05) is 5.43 Å². The number of rotatable bonds is 3. The van der Waals surface area contributed by atoms with E-state index in [2.05, 4.69) is 25.4 Å². The topological polar surface area (TPSA) is 89.6 Å². The van der Waals surface area contributed by atoms with Gasteiger partial charge in [0.15, 0.2) is 5.82 Å². The van der Waals surface area contributed by atoms with Gasteiger partial charge in [-0.15, -0.1) is 0 Å². The summed E-state index contributed by atoms with van der Waals surface area (Å²) >= 11 is 0. The maximum Gasteiger partial charge on any atom is 0.180 e. The number of nitrogens with one attached hydrogen (secondary N) is 1. The van der Waals surface area contributed by atoms with Gasteiger partial charge >= 0.3 is 0 Å². The molecule has 2 heterocycles. The third kappa shape index (κ3) is 2.85. The molecular weight excluding hydrogens is 264 g/mol. The Balaban J connectivity index is 2.14. The number of hydrogen-bond acceptors (Lipinski definition) is 6. The number of hydrazine groups is 1. The number of aromatic nitrogens is 4. The summed E-state index contributed by atoms with van der Waals surface area (Å²) in [5, 5.41) is 0. The number of nitrogens with two attached hydrogens (primary N) is 1. The second-order valence-electron chi connectivity index (χ2n) is 4.46. The van der Waals surface area contributed by atoms with Crippen molar-refractivity contribution in [2.24, 2.45) is 5.84 Å². The summed E-state index contributed by atoms with van der Waals surface area (Å²) in [5.74, 6) is 7.22. The van der Waals surface area contributed by atoms with E-state index in [0.717, 1.165) is 11.3 Å². The highest BCUT2D eigenvalue weighted by Crippen LogP contribution is 2.22. The number of anilines is 1. The Morgan fingerprint density at radius 2 is 1.76 bits per heavy atom. The van der Waals surface area contributed by atoms with E-state index in [1.165, 1.54) is 0 Å². The molecule has 0 unspecified atom stereocenters. The van der Waals surface area contributed by atoms with Crippen LogP contribution < -0.4 is 11.3 Å². The van der Waals surface area contributed by atoms with Crippen molar-refractivity contribution in [3.05, 3.63) is 54.5 Å². The third-order valence-corrected chi connectivity index (χ3v) is 2.95. The minimum atomic E-state index is 0.509. The first-order chi connectivity index (χ1) is 10.3. The van der Waals surface area contributed by atoms with Crippen molar-refractivity contribution in [1.29, 1.82) is 0 Å². The maximum absolute atomic E-state index is 5.50. The second kappa shape index (κ2) is 5.64. The molecule has 0 bridgehead atoms. The quantitative estimate of drug-likeness (QED) is 0.564.